The summed E-state index contributed by atoms with van der Waals surface area (Å²) in [7, 11) is 0. The highest BCUT2D eigenvalue weighted by atomic mass is 79.9. The van der Waals surface area contributed by atoms with Gasteiger partial charge in [0, 0.05) is 16.3 Å². The van der Waals surface area contributed by atoms with Gasteiger partial charge in [-0.1, -0.05) is 54.0 Å². The van der Waals surface area contributed by atoms with E-state index in [1.54, 1.807) is 23.0 Å². The van der Waals surface area contributed by atoms with Crippen molar-refractivity contribution in [3.8, 4) is 0 Å². The van der Waals surface area contributed by atoms with Crippen LogP contribution in [0.5, 0.6) is 0 Å². The van der Waals surface area contributed by atoms with Gasteiger partial charge in [-0.15, -0.1) is 0 Å². The van der Waals surface area contributed by atoms with Crippen LogP contribution < -0.4 is 5.56 Å². The normalized spacial score (nSPS) is 15.8. The molecule has 0 radical (unpaired) electrons. The Balaban J connectivity index is 1.57. The number of benzene rings is 2. The minimum atomic E-state index is -0.444. The van der Waals surface area contributed by atoms with Gasteiger partial charge in [0.25, 0.3) is 11.5 Å². The average Bonchev–Trinajstić information content (AvgIpc) is 3.52. The molecule has 0 spiro atoms. The van der Waals surface area contributed by atoms with E-state index in [1.807, 2.05) is 58.9 Å². The zero-order valence-corrected chi connectivity index (χ0v) is 24.1. The Morgan fingerprint density at radius 3 is 2.38 bits per heavy atom. The van der Waals surface area contributed by atoms with E-state index >= 15 is 0 Å². The summed E-state index contributed by atoms with van der Waals surface area (Å²) in [6.45, 7) is 9.61. The third-order valence-electron chi connectivity index (χ3n) is 6.78. The van der Waals surface area contributed by atoms with Gasteiger partial charge < -0.3 is 0 Å². The van der Waals surface area contributed by atoms with Crippen molar-refractivity contribution in [3.63, 3.8) is 0 Å². The number of hydrazone groups is 1. The first-order valence-electron chi connectivity index (χ1n) is 12.8. The number of nitrogens with zero attached hydrogens (tertiary/aromatic N) is 6. The molecule has 1 aliphatic rings. The standard InChI is InChI=1S/C29H30BrFN6O2/c1-17(2)26-22-15-32-37(29(3,4)5)27(22)28(39)35(34-26)16-25(38)36-24(19-8-12-21(31)13-9-19)14-23(33-36)18-6-10-20(30)11-7-18/h6-13,15,17,24H,14,16H2,1-5H3. The van der Waals surface area contributed by atoms with Crippen LogP contribution in [0.25, 0.3) is 10.9 Å². The fourth-order valence-corrected chi connectivity index (χ4v) is 5.10. The molecule has 10 heteroatoms. The highest BCUT2D eigenvalue weighted by Gasteiger charge is 2.34. The number of carbonyl (C=O) groups excluding carboxylic acids is 1. The molecular formula is C29H30BrFN6O2. The zero-order chi connectivity index (χ0) is 28.1. The molecule has 4 aromatic rings. The van der Waals surface area contributed by atoms with Crippen molar-refractivity contribution in [2.24, 2.45) is 5.10 Å². The third-order valence-corrected chi connectivity index (χ3v) is 7.30. The maximum absolute atomic E-state index is 13.8. The molecule has 5 rings (SSSR count). The third kappa shape index (κ3) is 5.17. The molecule has 0 N–H and O–H groups in total. The summed E-state index contributed by atoms with van der Waals surface area (Å²) >= 11 is 3.45. The van der Waals surface area contributed by atoms with E-state index in [2.05, 4.69) is 26.1 Å². The topological polar surface area (TPSA) is 85.4 Å². The summed E-state index contributed by atoms with van der Waals surface area (Å²) in [6.07, 6.45) is 2.13. The Kier molecular flexibility index (Phi) is 7.00. The van der Waals surface area contributed by atoms with Crippen LogP contribution in [0, 0.1) is 5.82 Å². The van der Waals surface area contributed by atoms with Crippen LogP contribution in [0.3, 0.4) is 0 Å². The molecule has 0 fully saturated rings. The second-order valence-electron chi connectivity index (χ2n) is 11.1. The van der Waals surface area contributed by atoms with Crippen molar-refractivity contribution in [1.29, 1.82) is 0 Å². The highest BCUT2D eigenvalue weighted by Crippen LogP contribution is 2.33. The van der Waals surface area contributed by atoms with E-state index in [0.717, 1.165) is 21.3 Å². The lowest BCUT2D eigenvalue weighted by Crippen LogP contribution is -2.37. The number of aromatic nitrogens is 4. The molecule has 3 heterocycles. The van der Waals surface area contributed by atoms with Crippen molar-refractivity contribution in [2.75, 3.05) is 0 Å². The molecule has 0 saturated carbocycles. The Labute approximate surface area is 234 Å². The first kappa shape index (κ1) is 26.9. The van der Waals surface area contributed by atoms with Crippen LogP contribution in [-0.4, -0.2) is 36.2 Å². The van der Waals surface area contributed by atoms with E-state index in [1.165, 1.54) is 21.8 Å². The fourth-order valence-electron chi connectivity index (χ4n) is 4.84. The lowest BCUT2D eigenvalue weighted by atomic mass is 9.98. The molecule has 2 aromatic carbocycles. The van der Waals surface area contributed by atoms with Crippen LogP contribution in [0.15, 0.2) is 69.1 Å². The van der Waals surface area contributed by atoms with Gasteiger partial charge >= 0.3 is 0 Å². The monoisotopic (exact) mass is 592 g/mol. The van der Waals surface area contributed by atoms with E-state index in [9.17, 15) is 14.0 Å². The van der Waals surface area contributed by atoms with Gasteiger partial charge in [0.2, 0.25) is 0 Å². The highest BCUT2D eigenvalue weighted by molar-refractivity contribution is 9.10. The van der Waals surface area contributed by atoms with E-state index in [-0.39, 0.29) is 29.7 Å². The molecule has 1 atom stereocenters. The van der Waals surface area contributed by atoms with Gasteiger partial charge in [0.1, 0.15) is 17.9 Å². The Morgan fingerprint density at radius 2 is 1.77 bits per heavy atom. The molecule has 39 heavy (non-hydrogen) atoms. The quantitative estimate of drug-likeness (QED) is 0.295. The molecule has 202 valence electrons. The van der Waals surface area contributed by atoms with E-state index in [0.29, 0.717) is 23.0 Å². The Bertz CT molecular complexity index is 1630. The number of hydrogen-bond acceptors (Lipinski definition) is 5. The van der Waals surface area contributed by atoms with Gasteiger partial charge in [0.15, 0.2) is 0 Å². The summed E-state index contributed by atoms with van der Waals surface area (Å²) in [6, 6.07) is 13.3. The van der Waals surface area contributed by atoms with Crippen molar-refractivity contribution in [1.82, 2.24) is 24.6 Å². The first-order valence-corrected chi connectivity index (χ1v) is 13.6. The van der Waals surface area contributed by atoms with Gasteiger partial charge in [-0.25, -0.2) is 14.1 Å². The minimum absolute atomic E-state index is 0.00727. The maximum atomic E-state index is 13.8. The number of hydrogen-bond donors (Lipinski definition) is 0. The Morgan fingerprint density at radius 1 is 1.10 bits per heavy atom. The predicted molar refractivity (Wildman–Crippen MR) is 152 cm³/mol. The maximum Gasteiger partial charge on any atom is 0.293 e. The van der Waals surface area contributed by atoms with Crippen LogP contribution in [0.2, 0.25) is 0 Å². The molecule has 1 unspecified atom stereocenters. The summed E-state index contributed by atoms with van der Waals surface area (Å²) in [5.74, 6) is -0.737. The number of halogens is 2. The van der Waals surface area contributed by atoms with Crippen LogP contribution in [0.1, 0.15) is 69.8 Å². The van der Waals surface area contributed by atoms with E-state index < -0.39 is 11.6 Å². The molecule has 0 bridgehead atoms. The van der Waals surface area contributed by atoms with Crippen LogP contribution >= 0.6 is 15.9 Å². The fraction of sp³-hybridized carbons (Fsp3) is 0.345. The van der Waals surface area contributed by atoms with Crippen LogP contribution in [0.4, 0.5) is 4.39 Å². The first-order chi connectivity index (χ1) is 18.4. The zero-order valence-electron chi connectivity index (χ0n) is 22.5. The Hall–Kier alpha value is -3.66. The number of amides is 1. The van der Waals surface area contributed by atoms with Crippen molar-refractivity contribution >= 4 is 38.5 Å². The predicted octanol–water partition coefficient (Wildman–Crippen LogP) is 5.75. The SMILES string of the molecule is CC(C)c1nn(CC(=O)N2N=C(c3ccc(Br)cc3)CC2c2ccc(F)cc2)c(=O)c2c1cnn2C(C)(C)C. The van der Waals surface area contributed by atoms with Gasteiger partial charge in [0.05, 0.1) is 29.2 Å². The number of rotatable bonds is 5. The van der Waals surface area contributed by atoms with Gasteiger partial charge in [-0.3, -0.25) is 14.3 Å². The van der Waals surface area contributed by atoms with E-state index in [4.69, 9.17) is 5.10 Å². The molecule has 2 aromatic heterocycles. The van der Waals surface area contributed by atoms with Crippen LogP contribution in [-0.2, 0) is 16.9 Å². The second-order valence-corrected chi connectivity index (χ2v) is 12.0. The lowest BCUT2D eigenvalue weighted by Gasteiger charge is -2.23. The minimum Gasteiger partial charge on any atom is -0.271 e. The largest absolute Gasteiger partial charge is 0.293 e. The lowest BCUT2D eigenvalue weighted by molar-refractivity contribution is -0.133. The summed E-state index contributed by atoms with van der Waals surface area (Å²) in [5, 5.41) is 15.9. The van der Waals surface area contributed by atoms with Gasteiger partial charge in [-0.2, -0.15) is 15.3 Å². The van der Waals surface area contributed by atoms with Crippen molar-refractivity contribution in [2.45, 2.75) is 65.1 Å². The molecular weight excluding hydrogens is 563 g/mol. The molecule has 1 aliphatic heterocycles. The summed E-state index contributed by atoms with van der Waals surface area (Å²) in [4.78, 5) is 27.5. The summed E-state index contributed by atoms with van der Waals surface area (Å²) in [5.41, 5.74) is 2.66. The average molecular weight is 594 g/mol. The van der Waals surface area contributed by atoms with Crippen molar-refractivity contribution in [3.05, 3.63) is 92.2 Å². The summed E-state index contributed by atoms with van der Waals surface area (Å²) < 4.78 is 17.5. The number of carbonyl (C=O) groups is 1. The van der Waals surface area contributed by atoms with Gasteiger partial charge in [-0.05, 0) is 62.1 Å². The smallest absolute Gasteiger partial charge is 0.271 e. The molecule has 1 amide bonds. The molecule has 0 aliphatic carbocycles. The van der Waals surface area contributed by atoms with Crippen molar-refractivity contribution < 1.29 is 9.18 Å². The molecule has 8 nitrogen and oxygen atoms in total. The molecule has 0 saturated heterocycles. The number of fused-ring (bicyclic) bond motifs is 1. The second kappa shape index (κ2) is 10.1.